The lowest BCUT2D eigenvalue weighted by Gasteiger charge is -2.31. The van der Waals surface area contributed by atoms with E-state index in [-0.39, 0.29) is 6.03 Å². The van der Waals surface area contributed by atoms with Gasteiger partial charge in [0, 0.05) is 25.8 Å². The Labute approximate surface area is 130 Å². The lowest BCUT2D eigenvalue weighted by molar-refractivity contribution is 0.168. The molecule has 1 aliphatic rings. The molecule has 6 nitrogen and oxygen atoms in total. The fourth-order valence-electron chi connectivity index (χ4n) is 2.82. The van der Waals surface area contributed by atoms with Gasteiger partial charge in [-0.3, -0.25) is 0 Å². The van der Waals surface area contributed by atoms with Gasteiger partial charge in [0.25, 0.3) is 0 Å². The van der Waals surface area contributed by atoms with Crippen LogP contribution in [0.5, 0.6) is 0 Å². The molecule has 1 N–H and O–H groups in total. The number of nitrogens with one attached hydrogen (secondary N) is 1. The van der Waals surface area contributed by atoms with Crippen LogP contribution in [0.15, 0.2) is 42.7 Å². The smallest absolute Gasteiger partial charge is 0.317 e. The summed E-state index contributed by atoms with van der Waals surface area (Å²) in [6.07, 6.45) is 6.30. The zero-order chi connectivity index (χ0) is 15.2. The van der Waals surface area contributed by atoms with Crippen LogP contribution in [0.2, 0.25) is 0 Å². The Morgan fingerprint density at radius 2 is 2.00 bits per heavy atom. The highest BCUT2D eigenvalue weighted by atomic mass is 16.2. The number of carbonyl (C=O) groups excluding carboxylic acids is 1. The molecule has 0 saturated carbocycles. The van der Waals surface area contributed by atoms with E-state index in [0.29, 0.717) is 12.6 Å². The molecule has 1 aromatic carbocycles. The van der Waals surface area contributed by atoms with Crippen molar-refractivity contribution < 1.29 is 4.79 Å². The standard InChI is InChI=1S/C16H21N5O/c22-16(17-9-6-14-4-2-1-3-5-14)20-11-7-15(8-12-20)21-13-10-18-19-21/h1-5,10,13,15H,6-9,11-12H2,(H,17,22). The molecule has 2 heterocycles. The Bertz CT molecular complexity index is 576. The van der Waals surface area contributed by atoms with Gasteiger partial charge in [-0.1, -0.05) is 35.5 Å². The molecule has 1 aliphatic heterocycles. The molecule has 0 bridgehead atoms. The maximum Gasteiger partial charge on any atom is 0.317 e. The highest BCUT2D eigenvalue weighted by Crippen LogP contribution is 2.20. The van der Waals surface area contributed by atoms with Gasteiger partial charge in [-0.2, -0.15) is 0 Å². The monoisotopic (exact) mass is 299 g/mol. The average molecular weight is 299 g/mol. The first kappa shape index (κ1) is 14.6. The van der Waals surface area contributed by atoms with Crippen molar-refractivity contribution in [2.24, 2.45) is 0 Å². The lowest BCUT2D eigenvalue weighted by Crippen LogP contribution is -2.45. The van der Waals surface area contributed by atoms with Crippen LogP contribution in [0.4, 0.5) is 4.79 Å². The summed E-state index contributed by atoms with van der Waals surface area (Å²) in [5, 5.41) is 10.9. The molecule has 116 valence electrons. The molecule has 0 aliphatic carbocycles. The van der Waals surface area contributed by atoms with Crippen molar-refractivity contribution in [1.82, 2.24) is 25.2 Å². The third kappa shape index (κ3) is 3.63. The van der Waals surface area contributed by atoms with Gasteiger partial charge in [0.05, 0.1) is 12.2 Å². The zero-order valence-corrected chi connectivity index (χ0v) is 12.6. The second-order valence-corrected chi connectivity index (χ2v) is 5.57. The van der Waals surface area contributed by atoms with E-state index in [4.69, 9.17) is 0 Å². The largest absolute Gasteiger partial charge is 0.338 e. The van der Waals surface area contributed by atoms with Crippen LogP contribution in [0.1, 0.15) is 24.4 Å². The number of benzene rings is 1. The lowest BCUT2D eigenvalue weighted by atomic mass is 10.1. The minimum Gasteiger partial charge on any atom is -0.338 e. The van der Waals surface area contributed by atoms with Crippen molar-refractivity contribution in [3.05, 3.63) is 48.3 Å². The van der Waals surface area contributed by atoms with Crippen molar-refractivity contribution in [2.45, 2.75) is 25.3 Å². The summed E-state index contributed by atoms with van der Waals surface area (Å²) in [4.78, 5) is 14.0. The Balaban J connectivity index is 1.40. The van der Waals surface area contributed by atoms with Crippen LogP contribution < -0.4 is 5.32 Å². The van der Waals surface area contributed by atoms with Crippen molar-refractivity contribution in [3.63, 3.8) is 0 Å². The zero-order valence-electron chi connectivity index (χ0n) is 12.6. The van der Waals surface area contributed by atoms with Gasteiger partial charge in [-0.25, -0.2) is 9.48 Å². The normalized spacial score (nSPS) is 15.7. The molecule has 22 heavy (non-hydrogen) atoms. The Kier molecular flexibility index (Phi) is 4.68. The van der Waals surface area contributed by atoms with Crippen molar-refractivity contribution in [2.75, 3.05) is 19.6 Å². The Hall–Kier alpha value is -2.37. The fraction of sp³-hybridized carbons (Fsp3) is 0.438. The predicted octanol–water partition coefficient (Wildman–Crippen LogP) is 1.87. The maximum atomic E-state index is 12.2. The molecule has 1 fully saturated rings. The van der Waals surface area contributed by atoms with Gasteiger partial charge in [0.15, 0.2) is 0 Å². The van der Waals surface area contributed by atoms with Gasteiger partial charge in [0.1, 0.15) is 0 Å². The maximum absolute atomic E-state index is 12.2. The third-order valence-electron chi connectivity index (χ3n) is 4.10. The Morgan fingerprint density at radius 3 is 2.68 bits per heavy atom. The highest BCUT2D eigenvalue weighted by Gasteiger charge is 2.23. The summed E-state index contributed by atoms with van der Waals surface area (Å²) in [5.74, 6) is 0. The number of hydrogen-bond acceptors (Lipinski definition) is 3. The first-order valence-electron chi connectivity index (χ1n) is 7.75. The summed E-state index contributed by atoms with van der Waals surface area (Å²) in [5.41, 5.74) is 1.24. The van der Waals surface area contributed by atoms with Crippen LogP contribution >= 0.6 is 0 Å². The molecular weight excluding hydrogens is 278 g/mol. The minimum absolute atomic E-state index is 0.0352. The van der Waals surface area contributed by atoms with Crippen LogP contribution in [0.25, 0.3) is 0 Å². The molecular formula is C16H21N5O. The number of urea groups is 1. The number of aromatic nitrogens is 3. The number of nitrogens with zero attached hydrogens (tertiary/aromatic N) is 4. The second-order valence-electron chi connectivity index (χ2n) is 5.57. The quantitative estimate of drug-likeness (QED) is 0.937. The summed E-state index contributed by atoms with van der Waals surface area (Å²) in [6, 6.07) is 10.6. The summed E-state index contributed by atoms with van der Waals surface area (Å²) < 4.78 is 1.89. The van der Waals surface area contributed by atoms with Crippen LogP contribution in [0, 0.1) is 0 Å². The van der Waals surface area contributed by atoms with E-state index in [0.717, 1.165) is 32.4 Å². The molecule has 1 saturated heterocycles. The average Bonchev–Trinajstić information content (AvgIpc) is 3.10. The minimum atomic E-state index is 0.0352. The van der Waals surface area contributed by atoms with Crippen molar-refractivity contribution in [3.8, 4) is 0 Å². The summed E-state index contributed by atoms with van der Waals surface area (Å²) in [7, 11) is 0. The van der Waals surface area contributed by atoms with Crippen LogP contribution in [-0.4, -0.2) is 45.6 Å². The van der Waals surface area contributed by atoms with E-state index >= 15 is 0 Å². The van der Waals surface area contributed by atoms with Crippen molar-refractivity contribution in [1.29, 1.82) is 0 Å². The number of piperidine rings is 1. The second kappa shape index (κ2) is 7.06. The third-order valence-corrected chi connectivity index (χ3v) is 4.10. The number of amides is 2. The van der Waals surface area contributed by atoms with Crippen LogP contribution in [0.3, 0.4) is 0 Å². The van der Waals surface area contributed by atoms with E-state index in [9.17, 15) is 4.79 Å². The van der Waals surface area contributed by atoms with E-state index < -0.39 is 0 Å². The van der Waals surface area contributed by atoms with E-state index in [1.165, 1.54) is 5.56 Å². The van der Waals surface area contributed by atoms with Gasteiger partial charge in [0.2, 0.25) is 0 Å². The number of likely N-dealkylation sites (tertiary alicyclic amines) is 1. The van der Waals surface area contributed by atoms with Gasteiger partial charge in [-0.15, -0.1) is 5.10 Å². The van der Waals surface area contributed by atoms with Crippen LogP contribution in [-0.2, 0) is 6.42 Å². The summed E-state index contributed by atoms with van der Waals surface area (Å²) in [6.45, 7) is 2.20. The number of carbonyl (C=O) groups is 1. The molecule has 0 atom stereocenters. The predicted molar refractivity (Wildman–Crippen MR) is 83.4 cm³/mol. The molecule has 3 rings (SSSR count). The molecule has 0 spiro atoms. The van der Waals surface area contributed by atoms with E-state index in [1.807, 2.05) is 34.0 Å². The number of rotatable bonds is 4. The fourth-order valence-corrected chi connectivity index (χ4v) is 2.82. The van der Waals surface area contributed by atoms with Crippen molar-refractivity contribution >= 4 is 6.03 Å². The van der Waals surface area contributed by atoms with Gasteiger partial charge in [-0.05, 0) is 24.8 Å². The highest BCUT2D eigenvalue weighted by molar-refractivity contribution is 5.74. The molecule has 0 radical (unpaired) electrons. The van der Waals surface area contributed by atoms with E-state index in [1.54, 1.807) is 6.20 Å². The topological polar surface area (TPSA) is 63.1 Å². The van der Waals surface area contributed by atoms with Gasteiger partial charge >= 0.3 is 6.03 Å². The van der Waals surface area contributed by atoms with E-state index in [2.05, 4.69) is 27.8 Å². The Morgan fingerprint density at radius 1 is 1.23 bits per heavy atom. The SMILES string of the molecule is O=C(NCCc1ccccc1)N1CCC(n2ccnn2)CC1. The first-order chi connectivity index (χ1) is 10.8. The molecule has 2 amide bonds. The molecule has 1 aromatic heterocycles. The molecule has 6 heteroatoms. The molecule has 2 aromatic rings. The first-order valence-corrected chi connectivity index (χ1v) is 7.75. The number of hydrogen-bond donors (Lipinski definition) is 1. The molecule has 0 unspecified atom stereocenters. The van der Waals surface area contributed by atoms with Gasteiger partial charge < -0.3 is 10.2 Å². The summed E-state index contributed by atoms with van der Waals surface area (Å²) >= 11 is 0.